The molecular formula is C19H21NO4. The van der Waals surface area contributed by atoms with Crippen molar-refractivity contribution < 1.29 is 19.1 Å². The molecule has 1 unspecified atom stereocenters. The molecule has 24 heavy (non-hydrogen) atoms. The molecule has 0 aliphatic carbocycles. The van der Waals surface area contributed by atoms with Gasteiger partial charge in [0.1, 0.15) is 5.75 Å². The molecule has 2 rings (SSSR count). The molecule has 1 amide bonds. The van der Waals surface area contributed by atoms with Crippen molar-refractivity contribution in [2.45, 2.75) is 19.9 Å². The molecule has 0 aromatic heterocycles. The Morgan fingerprint density at radius 3 is 2.42 bits per heavy atom. The Morgan fingerprint density at radius 1 is 1.00 bits per heavy atom. The zero-order valence-corrected chi connectivity index (χ0v) is 13.8. The minimum absolute atomic E-state index is 0.248. The highest BCUT2D eigenvalue weighted by atomic mass is 16.5. The van der Waals surface area contributed by atoms with Crippen LogP contribution in [-0.2, 0) is 9.53 Å². The van der Waals surface area contributed by atoms with E-state index >= 15 is 0 Å². The van der Waals surface area contributed by atoms with Gasteiger partial charge in [0.15, 0.2) is 6.04 Å². The molecule has 5 heteroatoms. The fraction of sp³-hybridized carbons (Fsp3) is 0.263. The lowest BCUT2D eigenvalue weighted by atomic mass is 10.1. The number of rotatable bonds is 7. The van der Waals surface area contributed by atoms with E-state index in [2.05, 4.69) is 5.32 Å². The quantitative estimate of drug-likeness (QED) is 0.794. The molecule has 126 valence electrons. The van der Waals surface area contributed by atoms with Crippen LogP contribution in [0.25, 0.3) is 0 Å². The molecular weight excluding hydrogens is 306 g/mol. The second kappa shape index (κ2) is 8.72. The first kappa shape index (κ1) is 17.5. The van der Waals surface area contributed by atoms with Crippen LogP contribution in [0.5, 0.6) is 5.75 Å². The van der Waals surface area contributed by atoms with Gasteiger partial charge in [-0.15, -0.1) is 0 Å². The van der Waals surface area contributed by atoms with Crippen molar-refractivity contribution in [1.29, 1.82) is 0 Å². The SMILES string of the molecule is CCOC(=O)C(NC(=O)c1cccc(OCC)c1)c1ccccc1. The molecule has 2 aromatic rings. The Hall–Kier alpha value is -2.82. The van der Waals surface area contributed by atoms with Crippen molar-refractivity contribution in [3.05, 3.63) is 65.7 Å². The number of ether oxygens (including phenoxy) is 2. The van der Waals surface area contributed by atoms with Gasteiger partial charge in [-0.1, -0.05) is 36.4 Å². The molecule has 0 bridgehead atoms. The maximum absolute atomic E-state index is 12.5. The molecule has 0 saturated carbocycles. The summed E-state index contributed by atoms with van der Waals surface area (Å²) in [7, 11) is 0. The number of benzene rings is 2. The average molecular weight is 327 g/mol. The number of carbonyl (C=O) groups excluding carboxylic acids is 2. The Balaban J connectivity index is 2.21. The van der Waals surface area contributed by atoms with E-state index < -0.39 is 12.0 Å². The van der Waals surface area contributed by atoms with E-state index in [-0.39, 0.29) is 12.5 Å². The van der Waals surface area contributed by atoms with Crippen LogP contribution in [0.2, 0.25) is 0 Å². The van der Waals surface area contributed by atoms with E-state index in [0.29, 0.717) is 23.5 Å². The van der Waals surface area contributed by atoms with Crippen LogP contribution in [0.1, 0.15) is 35.8 Å². The maximum Gasteiger partial charge on any atom is 0.333 e. The molecule has 1 N–H and O–H groups in total. The van der Waals surface area contributed by atoms with Gasteiger partial charge in [-0.2, -0.15) is 0 Å². The van der Waals surface area contributed by atoms with Gasteiger partial charge in [0.05, 0.1) is 13.2 Å². The van der Waals surface area contributed by atoms with E-state index in [0.717, 1.165) is 0 Å². The molecule has 2 aromatic carbocycles. The topological polar surface area (TPSA) is 64.6 Å². The van der Waals surface area contributed by atoms with Gasteiger partial charge in [0.2, 0.25) is 0 Å². The number of hydrogen-bond donors (Lipinski definition) is 1. The smallest absolute Gasteiger partial charge is 0.333 e. The van der Waals surface area contributed by atoms with Gasteiger partial charge in [-0.25, -0.2) is 4.79 Å². The fourth-order valence-electron chi connectivity index (χ4n) is 2.26. The largest absolute Gasteiger partial charge is 0.494 e. The summed E-state index contributed by atoms with van der Waals surface area (Å²) in [5, 5.41) is 2.73. The van der Waals surface area contributed by atoms with E-state index in [1.165, 1.54) is 0 Å². The summed E-state index contributed by atoms with van der Waals surface area (Å²) < 4.78 is 10.5. The molecule has 5 nitrogen and oxygen atoms in total. The van der Waals surface area contributed by atoms with Gasteiger partial charge < -0.3 is 14.8 Å². The predicted octanol–water partition coefficient (Wildman–Crippen LogP) is 3.12. The molecule has 0 aliphatic heterocycles. The predicted molar refractivity (Wildman–Crippen MR) is 90.9 cm³/mol. The fourth-order valence-corrected chi connectivity index (χ4v) is 2.26. The number of carbonyl (C=O) groups is 2. The van der Waals surface area contributed by atoms with Crippen LogP contribution in [0.3, 0.4) is 0 Å². The monoisotopic (exact) mass is 327 g/mol. The van der Waals surface area contributed by atoms with Crippen LogP contribution < -0.4 is 10.1 Å². The number of esters is 1. The third-order valence-corrected chi connectivity index (χ3v) is 3.34. The van der Waals surface area contributed by atoms with Crippen molar-refractivity contribution in [3.8, 4) is 5.75 Å². The van der Waals surface area contributed by atoms with Gasteiger partial charge in [0.25, 0.3) is 5.91 Å². The molecule has 0 radical (unpaired) electrons. The van der Waals surface area contributed by atoms with E-state index in [9.17, 15) is 9.59 Å². The highest BCUT2D eigenvalue weighted by Gasteiger charge is 2.24. The Labute approximate surface area is 141 Å². The molecule has 1 atom stereocenters. The molecule has 0 aliphatic rings. The van der Waals surface area contributed by atoms with E-state index in [4.69, 9.17) is 9.47 Å². The lowest BCUT2D eigenvalue weighted by molar-refractivity contribution is -0.145. The first-order chi connectivity index (χ1) is 11.7. The molecule has 0 heterocycles. The first-order valence-corrected chi connectivity index (χ1v) is 7.91. The highest BCUT2D eigenvalue weighted by molar-refractivity contribution is 5.97. The lowest BCUT2D eigenvalue weighted by Crippen LogP contribution is -2.35. The maximum atomic E-state index is 12.5. The number of hydrogen-bond acceptors (Lipinski definition) is 4. The second-order valence-corrected chi connectivity index (χ2v) is 5.03. The lowest BCUT2D eigenvalue weighted by Gasteiger charge is -2.18. The zero-order chi connectivity index (χ0) is 17.4. The van der Waals surface area contributed by atoms with Gasteiger partial charge in [0, 0.05) is 5.56 Å². The van der Waals surface area contributed by atoms with Crippen molar-refractivity contribution in [3.63, 3.8) is 0 Å². The summed E-state index contributed by atoms with van der Waals surface area (Å²) in [5.74, 6) is -0.242. The molecule has 0 saturated heterocycles. The zero-order valence-electron chi connectivity index (χ0n) is 13.8. The van der Waals surface area contributed by atoms with Gasteiger partial charge in [-0.05, 0) is 37.6 Å². The minimum atomic E-state index is -0.852. The van der Waals surface area contributed by atoms with E-state index in [1.54, 1.807) is 43.3 Å². The summed E-state index contributed by atoms with van der Waals surface area (Å²) in [6, 6.07) is 15.0. The number of amides is 1. The van der Waals surface area contributed by atoms with Crippen molar-refractivity contribution in [2.24, 2.45) is 0 Å². The highest BCUT2D eigenvalue weighted by Crippen LogP contribution is 2.17. The van der Waals surface area contributed by atoms with Crippen molar-refractivity contribution >= 4 is 11.9 Å². The third-order valence-electron chi connectivity index (χ3n) is 3.34. The standard InChI is InChI=1S/C19H21NO4/c1-3-23-16-12-8-11-15(13-16)18(21)20-17(19(22)24-4-2)14-9-6-5-7-10-14/h5-13,17H,3-4H2,1-2H3,(H,20,21). The average Bonchev–Trinajstić information content (AvgIpc) is 2.61. The summed E-state index contributed by atoms with van der Waals surface area (Å²) in [6.07, 6.45) is 0. The summed E-state index contributed by atoms with van der Waals surface area (Å²) in [6.45, 7) is 4.37. The van der Waals surface area contributed by atoms with Crippen molar-refractivity contribution in [2.75, 3.05) is 13.2 Å². The third kappa shape index (κ3) is 4.59. The van der Waals surface area contributed by atoms with Crippen molar-refractivity contribution in [1.82, 2.24) is 5.32 Å². The van der Waals surface area contributed by atoms with Gasteiger partial charge in [-0.3, -0.25) is 4.79 Å². The summed E-state index contributed by atoms with van der Waals surface area (Å²) in [5.41, 5.74) is 1.09. The van der Waals surface area contributed by atoms with E-state index in [1.807, 2.05) is 25.1 Å². The normalized spacial score (nSPS) is 11.4. The summed E-state index contributed by atoms with van der Waals surface area (Å²) >= 11 is 0. The van der Waals surface area contributed by atoms with Crippen LogP contribution >= 0.6 is 0 Å². The van der Waals surface area contributed by atoms with Crippen LogP contribution in [0, 0.1) is 0 Å². The first-order valence-electron chi connectivity index (χ1n) is 7.91. The number of nitrogens with one attached hydrogen (secondary N) is 1. The molecule has 0 fully saturated rings. The van der Waals surface area contributed by atoms with Gasteiger partial charge >= 0.3 is 5.97 Å². The molecule has 0 spiro atoms. The Kier molecular flexibility index (Phi) is 6.37. The second-order valence-electron chi connectivity index (χ2n) is 5.03. The Morgan fingerprint density at radius 2 is 1.75 bits per heavy atom. The van der Waals surface area contributed by atoms with Crippen LogP contribution in [0.4, 0.5) is 0 Å². The van der Waals surface area contributed by atoms with Crippen LogP contribution in [-0.4, -0.2) is 25.1 Å². The minimum Gasteiger partial charge on any atom is -0.494 e. The van der Waals surface area contributed by atoms with Crippen LogP contribution in [0.15, 0.2) is 54.6 Å². The summed E-state index contributed by atoms with van der Waals surface area (Å²) in [4.78, 5) is 24.7. The Bertz CT molecular complexity index is 685.